The van der Waals surface area contributed by atoms with Crippen molar-refractivity contribution in [1.29, 1.82) is 5.26 Å². The van der Waals surface area contributed by atoms with Crippen molar-refractivity contribution >= 4 is 28.5 Å². The molecule has 0 radical (unpaired) electrons. The third-order valence-electron chi connectivity index (χ3n) is 6.96. The quantitative estimate of drug-likeness (QED) is 0.169. The summed E-state index contributed by atoms with van der Waals surface area (Å²) in [6, 6.07) is 29.5. The number of benzene rings is 4. The molecule has 0 fully saturated rings. The van der Waals surface area contributed by atoms with Crippen molar-refractivity contribution in [2.75, 3.05) is 0 Å². The number of allylic oxidation sites excluding steroid dienone is 1. The number of aryl methyl sites for hydroxylation is 1. The normalized spacial score (nSPS) is 14.2. The molecule has 1 aliphatic rings. The summed E-state index contributed by atoms with van der Waals surface area (Å²) >= 11 is 5.95. The van der Waals surface area contributed by atoms with Crippen LogP contribution in [0.4, 0.5) is 0 Å². The number of hydrogen-bond donors (Lipinski definition) is 1. The molecule has 0 saturated carbocycles. The molecule has 0 saturated heterocycles. The minimum Gasteiger partial charge on any atom is -0.489 e. The number of nitrogens with two attached hydrogens (primary N) is 1. The van der Waals surface area contributed by atoms with E-state index in [0.29, 0.717) is 39.8 Å². The van der Waals surface area contributed by atoms with Crippen molar-refractivity contribution in [3.8, 4) is 23.3 Å². The Bertz CT molecular complexity index is 1850. The highest BCUT2D eigenvalue weighted by atomic mass is 35.5. The molecule has 1 unspecified atom stereocenters. The standard InChI is InChI=1S/C33H23ClN2O5/c1-19-25-4-2-3-5-28(25)40-31(19)33(37)39-24-14-15-26-29(16-24)41-32(36)27(17-35)30(26)21-8-12-23(13-9-21)38-18-20-6-10-22(34)11-7-20/h2-16,30H,18,36H2,1H3. The van der Waals surface area contributed by atoms with E-state index in [4.69, 9.17) is 36.0 Å². The number of rotatable bonds is 6. The molecule has 0 spiro atoms. The van der Waals surface area contributed by atoms with E-state index in [0.717, 1.165) is 16.5 Å². The third kappa shape index (κ3) is 5.09. The van der Waals surface area contributed by atoms with Crippen LogP contribution in [0.25, 0.3) is 11.0 Å². The molecular weight excluding hydrogens is 540 g/mol. The highest BCUT2D eigenvalue weighted by molar-refractivity contribution is 6.30. The molecule has 0 bridgehead atoms. The van der Waals surface area contributed by atoms with Crippen LogP contribution >= 0.6 is 11.6 Å². The molecule has 2 heterocycles. The molecule has 0 amide bonds. The summed E-state index contributed by atoms with van der Waals surface area (Å²) in [4.78, 5) is 13.0. The fourth-order valence-electron chi connectivity index (χ4n) is 4.87. The molecule has 5 aromatic rings. The zero-order valence-corrected chi connectivity index (χ0v) is 22.6. The van der Waals surface area contributed by atoms with E-state index in [1.54, 1.807) is 24.3 Å². The van der Waals surface area contributed by atoms with Gasteiger partial charge in [-0.25, -0.2) is 4.79 Å². The lowest BCUT2D eigenvalue weighted by atomic mass is 9.83. The van der Waals surface area contributed by atoms with Gasteiger partial charge in [0.15, 0.2) is 0 Å². The SMILES string of the molecule is Cc1c(C(=O)Oc2ccc3c(c2)OC(N)=C(C#N)C3c2ccc(OCc3ccc(Cl)cc3)cc2)oc2ccccc12. The number of fused-ring (bicyclic) bond motifs is 2. The van der Waals surface area contributed by atoms with Gasteiger partial charge in [0.2, 0.25) is 11.6 Å². The van der Waals surface area contributed by atoms with Crippen molar-refractivity contribution in [2.24, 2.45) is 5.73 Å². The number of para-hydroxylation sites is 1. The van der Waals surface area contributed by atoms with Crippen LogP contribution in [0.1, 0.15) is 38.7 Å². The number of nitriles is 1. The Morgan fingerprint density at radius 2 is 1.73 bits per heavy atom. The molecular formula is C33H23ClN2O5. The number of furan rings is 1. The Morgan fingerprint density at radius 1 is 1.00 bits per heavy atom. The molecule has 0 aliphatic carbocycles. The highest BCUT2D eigenvalue weighted by Crippen LogP contribution is 2.44. The fraction of sp³-hybridized carbons (Fsp3) is 0.0909. The Balaban J connectivity index is 1.24. The number of hydrogen-bond acceptors (Lipinski definition) is 7. The predicted molar refractivity (Wildman–Crippen MR) is 154 cm³/mol. The van der Waals surface area contributed by atoms with E-state index in [2.05, 4.69) is 6.07 Å². The average molecular weight is 563 g/mol. The summed E-state index contributed by atoms with van der Waals surface area (Å²) in [5.74, 6) is 0.345. The van der Waals surface area contributed by atoms with Crippen LogP contribution in [-0.4, -0.2) is 5.97 Å². The van der Waals surface area contributed by atoms with Gasteiger partial charge in [0.25, 0.3) is 0 Å². The first-order chi connectivity index (χ1) is 19.9. The van der Waals surface area contributed by atoms with E-state index >= 15 is 0 Å². The smallest absolute Gasteiger partial charge is 0.379 e. The topological polar surface area (TPSA) is 108 Å². The first-order valence-corrected chi connectivity index (χ1v) is 13.2. The number of carbonyl (C=O) groups is 1. The number of nitrogens with zero attached hydrogens (tertiary/aromatic N) is 1. The Morgan fingerprint density at radius 3 is 2.46 bits per heavy atom. The molecule has 6 rings (SSSR count). The van der Waals surface area contributed by atoms with E-state index in [9.17, 15) is 10.1 Å². The largest absolute Gasteiger partial charge is 0.489 e. The molecule has 1 atom stereocenters. The van der Waals surface area contributed by atoms with Gasteiger partial charge in [-0.05, 0) is 54.4 Å². The molecule has 202 valence electrons. The van der Waals surface area contributed by atoms with Crippen LogP contribution in [0.15, 0.2) is 107 Å². The van der Waals surface area contributed by atoms with E-state index in [1.165, 1.54) is 0 Å². The van der Waals surface area contributed by atoms with Crippen molar-refractivity contribution < 1.29 is 23.4 Å². The molecule has 7 nitrogen and oxygen atoms in total. The van der Waals surface area contributed by atoms with Crippen LogP contribution in [-0.2, 0) is 6.61 Å². The lowest BCUT2D eigenvalue weighted by Gasteiger charge is -2.26. The van der Waals surface area contributed by atoms with Crippen molar-refractivity contribution in [3.05, 3.63) is 135 Å². The average Bonchev–Trinajstić information content (AvgIpc) is 3.33. The minimum absolute atomic E-state index is 0.00956. The third-order valence-corrected chi connectivity index (χ3v) is 7.21. The van der Waals surface area contributed by atoms with Gasteiger partial charge < -0.3 is 24.4 Å². The van der Waals surface area contributed by atoms with Gasteiger partial charge in [-0.15, -0.1) is 0 Å². The second-order valence-corrected chi connectivity index (χ2v) is 9.99. The second-order valence-electron chi connectivity index (χ2n) is 9.55. The van der Waals surface area contributed by atoms with E-state index < -0.39 is 11.9 Å². The van der Waals surface area contributed by atoms with Crippen LogP contribution < -0.4 is 19.9 Å². The van der Waals surface area contributed by atoms with Gasteiger partial charge >= 0.3 is 5.97 Å². The van der Waals surface area contributed by atoms with Gasteiger partial charge in [-0.3, -0.25) is 0 Å². The van der Waals surface area contributed by atoms with Gasteiger partial charge in [0.05, 0.1) is 5.92 Å². The predicted octanol–water partition coefficient (Wildman–Crippen LogP) is 7.41. The van der Waals surface area contributed by atoms with Crippen molar-refractivity contribution in [2.45, 2.75) is 19.4 Å². The van der Waals surface area contributed by atoms with E-state index in [1.807, 2.05) is 73.7 Å². The van der Waals surface area contributed by atoms with Crippen LogP contribution in [0.2, 0.25) is 5.02 Å². The van der Waals surface area contributed by atoms with E-state index in [-0.39, 0.29) is 23.0 Å². The van der Waals surface area contributed by atoms with Crippen molar-refractivity contribution in [3.63, 3.8) is 0 Å². The molecule has 2 N–H and O–H groups in total. The summed E-state index contributed by atoms with van der Waals surface area (Å²) in [5, 5.41) is 11.4. The molecule has 1 aliphatic heterocycles. The van der Waals surface area contributed by atoms with Gasteiger partial charge in [-0.1, -0.05) is 60.1 Å². The number of carbonyl (C=O) groups excluding carboxylic acids is 1. The second kappa shape index (κ2) is 10.8. The number of esters is 1. The fourth-order valence-corrected chi connectivity index (χ4v) is 4.99. The van der Waals surface area contributed by atoms with Gasteiger partial charge in [0.1, 0.15) is 41.1 Å². The highest BCUT2D eigenvalue weighted by Gasteiger charge is 2.31. The van der Waals surface area contributed by atoms with Crippen LogP contribution in [0, 0.1) is 18.3 Å². The Hall–Kier alpha value is -5.19. The maximum Gasteiger partial charge on any atom is 0.379 e. The maximum absolute atomic E-state index is 13.0. The molecule has 1 aromatic heterocycles. The zero-order chi connectivity index (χ0) is 28.5. The maximum atomic E-state index is 13.0. The summed E-state index contributed by atoms with van der Waals surface area (Å²) in [5.41, 5.74) is 10.3. The molecule has 41 heavy (non-hydrogen) atoms. The first kappa shape index (κ1) is 26.1. The van der Waals surface area contributed by atoms with Crippen molar-refractivity contribution in [1.82, 2.24) is 0 Å². The van der Waals surface area contributed by atoms with Crippen LogP contribution in [0.3, 0.4) is 0 Å². The summed E-state index contributed by atoms with van der Waals surface area (Å²) in [7, 11) is 0. The molecule has 4 aromatic carbocycles. The Labute approximate surface area is 240 Å². The zero-order valence-electron chi connectivity index (χ0n) is 21.9. The first-order valence-electron chi connectivity index (χ1n) is 12.8. The minimum atomic E-state index is -0.624. The lowest BCUT2D eigenvalue weighted by molar-refractivity contribution is 0.0702. The summed E-state index contributed by atoms with van der Waals surface area (Å²) in [6.45, 7) is 2.20. The Kier molecular flexibility index (Phi) is 6.84. The molecule has 8 heteroatoms. The number of ether oxygens (including phenoxy) is 3. The summed E-state index contributed by atoms with van der Waals surface area (Å²) < 4.78 is 23.1. The lowest BCUT2D eigenvalue weighted by Crippen LogP contribution is -2.21. The van der Waals surface area contributed by atoms with Gasteiger partial charge in [0, 0.05) is 27.6 Å². The monoisotopic (exact) mass is 562 g/mol. The van der Waals surface area contributed by atoms with Crippen LogP contribution in [0.5, 0.6) is 17.2 Å². The summed E-state index contributed by atoms with van der Waals surface area (Å²) in [6.07, 6.45) is 0. The number of halogens is 1. The van der Waals surface area contributed by atoms with Gasteiger partial charge in [-0.2, -0.15) is 5.26 Å².